The minimum absolute atomic E-state index is 0.313. The lowest BCUT2D eigenvalue weighted by Crippen LogP contribution is -2.29. The van der Waals surface area contributed by atoms with Gasteiger partial charge in [0.15, 0.2) is 0 Å². The van der Waals surface area contributed by atoms with E-state index in [0.29, 0.717) is 16.3 Å². The minimum Gasteiger partial charge on any atom is -0.465 e. The van der Waals surface area contributed by atoms with Crippen LogP contribution in [0.5, 0.6) is 0 Å². The third-order valence-electron chi connectivity index (χ3n) is 4.15. The lowest BCUT2D eigenvalue weighted by atomic mass is 10.0. The van der Waals surface area contributed by atoms with E-state index in [9.17, 15) is 9.59 Å². The van der Waals surface area contributed by atoms with Crippen LogP contribution in [0.3, 0.4) is 0 Å². The highest BCUT2D eigenvalue weighted by molar-refractivity contribution is 7.17. The molecule has 1 N–H and O–H groups in total. The average molecular weight is 360 g/mol. The van der Waals surface area contributed by atoms with Crippen LogP contribution < -0.4 is 5.32 Å². The summed E-state index contributed by atoms with van der Waals surface area (Å²) in [6.07, 6.45) is 5.29. The number of anilines is 1. The number of fused-ring (bicyclic) bond motifs is 1. The monoisotopic (exact) mass is 360 g/mol. The molecule has 7 heteroatoms. The SMILES string of the molecule is CCN1CCc2c(sc(NC(=O)/C=C/c3ccco3)c2C(=O)OC)C1. The zero-order chi connectivity index (χ0) is 17.8. The van der Waals surface area contributed by atoms with Crippen LogP contribution in [0.15, 0.2) is 28.9 Å². The molecule has 0 saturated carbocycles. The molecule has 0 atom stereocenters. The Kier molecular flexibility index (Phi) is 5.35. The van der Waals surface area contributed by atoms with Crippen LogP contribution in [-0.4, -0.2) is 37.0 Å². The lowest BCUT2D eigenvalue weighted by Gasteiger charge is -2.25. The standard InChI is InChI=1S/C18H20N2O4S/c1-3-20-9-8-13-14(11-20)25-17(16(13)18(22)23-2)19-15(21)7-6-12-5-4-10-24-12/h4-7,10H,3,8-9,11H2,1-2H3,(H,19,21)/b7-6+. The molecule has 2 aromatic heterocycles. The number of furan rings is 1. The number of amides is 1. The van der Waals surface area contributed by atoms with Gasteiger partial charge >= 0.3 is 5.97 Å². The molecule has 3 rings (SSSR count). The summed E-state index contributed by atoms with van der Waals surface area (Å²) >= 11 is 1.44. The van der Waals surface area contributed by atoms with Crippen molar-refractivity contribution in [2.75, 3.05) is 25.5 Å². The van der Waals surface area contributed by atoms with E-state index in [1.807, 2.05) is 0 Å². The maximum atomic E-state index is 12.2. The number of hydrogen-bond donors (Lipinski definition) is 1. The van der Waals surface area contributed by atoms with Crippen molar-refractivity contribution in [1.29, 1.82) is 0 Å². The van der Waals surface area contributed by atoms with Gasteiger partial charge in [0, 0.05) is 24.0 Å². The second-order valence-corrected chi connectivity index (χ2v) is 6.76. The lowest BCUT2D eigenvalue weighted by molar-refractivity contribution is -0.111. The highest BCUT2D eigenvalue weighted by Gasteiger charge is 2.28. The zero-order valence-corrected chi connectivity index (χ0v) is 15.0. The molecule has 6 nitrogen and oxygen atoms in total. The molecule has 132 valence electrons. The molecule has 0 spiro atoms. The number of hydrogen-bond acceptors (Lipinski definition) is 6. The topological polar surface area (TPSA) is 71.8 Å². The highest BCUT2D eigenvalue weighted by Crippen LogP contribution is 2.37. The minimum atomic E-state index is -0.409. The summed E-state index contributed by atoms with van der Waals surface area (Å²) in [4.78, 5) is 27.9. The molecule has 2 aromatic rings. The molecule has 0 aromatic carbocycles. The van der Waals surface area contributed by atoms with Crippen LogP contribution in [0.4, 0.5) is 5.00 Å². The summed E-state index contributed by atoms with van der Waals surface area (Å²) in [5.41, 5.74) is 1.48. The van der Waals surface area contributed by atoms with Crippen LogP contribution in [0.25, 0.3) is 6.08 Å². The van der Waals surface area contributed by atoms with Crippen molar-refractivity contribution >= 4 is 34.3 Å². The van der Waals surface area contributed by atoms with Gasteiger partial charge in [0.05, 0.1) is 18.9 Å². The summed E-state index contributed by atoms with van der Waals surface area (Å²) in [7, 11) is 1.36. The van der Waals surface area contributed by atoms with Crippen molar-refractivity contribution < 1.29 is 18.7 Å². The summed E-state index contributed by atoms with van der Waals surface area (Å²) in [6.45, 7) is 4.76. The first-order chi connectivity index (χ1) is 12.1. The number of likely N-dealkylation sites (N-methyl/N-ethyl adjacent to an activating group) is 1. The maximum Gasteiger partial charge on any atom is 0.341 e. The Morgan fingerprint density at radius 2 is 2.32 bits per heavy atom. The van der Waals surface area contributed by atoms with Gasteiger partial charge in [0.25, 0.3) is 0 Å². The van der Waals surface area contributed by atoms with Gasteiger partial charge in [-0.2, -0.15) is 0 Å². The van der Waals surface area contributed by atoms with Crippen LogP contribution in [0, 0.1) is 0 Å². The second-order valence-electron chi connectivity index (χ2n) is 5.66. The van der Waals surface area contributed by atoms with Gasteiger partial charge in [-0.1, -0.05) is 6.92 Å². The van der Waals surface area contributed by atoms with E-state index >= 15 is 0 Å². The van der Waals surface area contributed by atoms with E-state index in [1.165, 1.54) is 24.5 Å². The van der Waals surface area contributed by atoms with Crippen molar-refractivity contribution in [2.45, 2.75) is 19.9 Å². The van der Waals surface area contributed by atoms with Crippen LogP contribution >= 0.6 is 11.3 Å². The first kappa shape index (κ1) is 17.4. The van der Waals surface area contributed by atoms with Crippen LogP contribution in [-0.2, 0) is 22.5 Å². The largest absolute Gasteiger partial charge is 0.465 e. The van der Waals surface area contributed by atoms with Gasteiger partial charge in [-0.25, -0.2) is 4.79 Å². The van der Waals surface area contributed by atoms with Gasteiger partial charge in [0.2, 0.25) is 5.91 Å². The number of thiophene rings is 1. The molecular formula is C18H20N2O4S. The fraction of sp³-hybridized carbons (Fsp3) is 0.333. The van der Waals surface area contributed by atoms with Crippen molar-refractivity contribution in [3.63, 3.8) is 0 Å². The van der Waals surface area contributed by atoms with E-state index in [1.54, 1.807) is 24.5 Å². The van der Waals surface area contributed by atoms with Gasteiger partial charge in [-0.05, 0) is 36.7 Å². The number of ether oxygens (including phenoxy) is 1. The molecule has 25 heavy (non-hydrogen) atoms. The summed E-state index contributed by atoms with van der Waals surface area (Å²) < 4.78 is 10.1. The molecule has 0 bridgehead atoms. The number of esters is 1. The predicted molar refractivity (Wildman–Crippen MR) is 96.7 cm³/mol. The molecule has 0 aliphatic carbocycles. The smallest absolute Gasteiger partial charge is 0.341 e. The van der Waals surface area contributed by atoms with Crippen molar-refractivity contribution in [2.24, 2.45) is 0 Å². The fourth-order valence-corrected chi connectivity index (χ4v) is 4.11. The van der Waals surface area contributed by atoms with Gasteiger partial charge in [0.1, 0.15) is 10.8 Å². The Bertz CT molecular complexity index is 792. The van der Waals surface area contributed by atoms with Crippen LogP contribution in [0.2, 0.25) is 0 Å². The quantitative estimate of drug-likeness (QED) is 0.655. The number of nitrogens with one attached hydrogen (secondary N) is 1. The molecule has 0 unspecified atom stereocenters. The Labute approximate surface area is 150 Å². The Balaban J connectivity index is 1.83. The van der Waals surface area contributed by atoms with E-state index < -0.39 is 5.97 Å². The Morgan fingerprint density at radius 1 is 1.48 bits per heavy atom. The number of carbonyl (C=O) groups is 2. The first-order valence-electron chi connectivity index (χ1n) is 8.10. The number of rotatable bonds is 5. The molecule has 0 saturated heterocycles. The zero-order valence-electron chi connectivity index (χ0n) is 14.2. The third kappa shape index (κ3) is 3.83. The molecule has 1 amide bonds. The second kappa shape index (κ2) is 7.67. The van der Waals surface area contributed by atoms with E-state index in [2.05, 4.69) is 17.1 Å². The first-order valence-corrected chi connectivity index (χ1v) is 8.91. The molecule has 3 heterocycles. The summed E-state index contributed by atoms with van der Waals surface area (Å²) in [6, 6.07) is 3.51. The Morgan fingerprint density at radius 3 is 3.00 bits per heavy atom. The van der Waals surface area contributed by atoms with Crippen LogP contribution in [0.1, 0.15) is 33.5 Å². The molecular weight excluding hydrogens is 340 g/mol. The number of carbonyl (C=O) groups excluding carboxylic acids is 2. The maximum absolute atomic E-state index is 12.2. The van der Waals surface area contributed by atoms with Crippen molar-refractivity contribution in [1.82, 2.24) is 4.90 Å². The number of nitrogens with zero attached hydrogens (tertiary/aromatic N) is 1. The Hall–Kier alpha value is -2.38. The molecule has 0 fully saturated rings. The fourth-order valence-electron chi connectivity index (χ4n) is 2.83. The number of methoxy groups -OCH3 is 1. The molecule has 1 aliphatic heterocycles. The highest BCUT2D eigenvalue weighted by atomic mass is 32.1. The average Bonchev–Trinajstić information content (AvgIpc) is 3.25. The van der Waals surface area contributed by atoms with E-state index in [-0.39, 0.29) is 5.91 Å². The molecule has 0 radical (unpaired) electrons. The van der Waals surface area contributed by atoms with Crippen molar-refractivity contribution in [3.8, 4) is 0 Å². The van der Waals surface area contributed by atoms with Gasteiger partial charge < -0.3 is 14.5 Å². The van der Waals surface area contributed by atoms with Crippen molar-refractivity contribution in [3.05, 3.63) is 46.2 Å². The van der Waals surface area contributed by atoms with E-state index in [0.717, 1.165) is 36.5 Å². The van der Waals surface area contributed by atoms with E-state index in [4.69, 9.17) is 9.15 Å². The predicted octanol–water partition coefficient (Wildman–Crippen LogP) is 3.16. The summed E-state index contributed by atoms with van der Waals surface area (Å²) in [5.74, 6) is -0.132. The normalized spacial score (nSPS) is 14.5. The third-order valence-corrected chi connectivity index (χ3v) is 5.28. The van der Waals surface area contributed by atoms with Gasteiger partial charge in [-0.15, -0.1) is 11.3 Å². The van der Waals surface area contributed by atoms with Gasteiger partial charge in [-0.3, -0.25) is 9.69 Å². The summed E-state index contributed by atoms with van der Waals surface area (Å²) in [5, 5.41) is 3.36. The molecule has 1 aliphatic rings.